The largest absolute Gasteiger partial charge is 0.481 e. The van der Waals surface area contributed by atoms with E-state index in [-0.39, 0.29) is 16.2 Å². The van der Waals surface area contributed by atoms with Gasteiger partial charge in [0, 0.05) is 53.9 Å². The summed E-state index contributed by atoms with van der Waals surface area (Å²) in [6.45, 7) is 9.28. The first-order valence-corrected chi connectivity index (χ1v) is 20.3. The summed E-state index contributed by atoms with van der Waals surface area (Å²) in [5.41, 5.74) is 4.98. The quantitative estimate of drug-likeness (QED) is 0.0998. The summed E-state index contributed by atoms with van der Waals surface area (Å²) in [5, 5.41) is 9.08. The van der Waals surface area contributed by atoms with Crippen LogP contribution in [-0.2, 0) is 35.9 Å². The maximum atomic E-state index is 12.1. The number of allylic oxidation sites excluding steroid dienone is 12. The summed E-state index contributed by atoms with van der Waals surface area (Å²) >= 11 is 0. The van der Waals surface area contributed by atoms with Crippen molar-refractivity contribution >= 4 is 43.3 Å². The number of carbonyl (C=O) groups is 1. The van der Waals surface area contributed by atoms with Crippen molar-refractivity contribution in [3.63, 3.8) is 0 Å². The molecule has 0 amide bonds. The van der Waals surface area contributed by atoms with E-state index >= 15 is 0 Å². The van der Waals surface area contributed by atoms with Gasteiger partial charge in [-0.25, -0.2) is 0 Å². The third kappa shape index (κ3) is 8.47. The Morgan fingerprint density at radius 3 is 2.15 bits per heavy atom. The van der Waals surface area contributed by atoms with Crippen LogP contribution in [0.5, 0.6) is 0 Å². The molecule has 0 saturated carbocycles. The van der Waals surface area contributed by atoms with Crippen molar-refractivity contribution in [1.29, 1.82) is 0 Å². The van der Waals surface area contributed by atoms with Crippen molar-refractivity contribution in [1.82, 2.24) is 0 Å². The average molecular weight is 748 g/mol. The van der Waals surface area contributed by atoms with Crippen LogP contribution in [0.15, 0.2) is 118 Å². The molecule has 2 aromatic rings. The summed E-state index contributed by atoms with van der Waals surface area (Å²) in [4.78, 5) is 12.8. The number of fused-ring (bicyclic) bond motifs is 2. The van der Waals surface area contributed by atoms with Gasteiger partial charge in [0.05, 0.1) is 15.2 Å². The van der Waals surface area contributed by atoms with Crippen molar-refractivity contribution in [2.45, 2.75) is 86.8 Å². The number of carboxylic acids is 1. The van der Waals surface area contributed by atoms with Crippen LogP contribution in [0.1, 0.15) is 77.3 Å². The number of aliphatic carboxylic acids is 1. The smallest absolute Gasteiger partial charge is 0.303 e. The van der Waals surface area contributed by atoms with Crippen LogP contribution in [-0.4, -0.2) is 60.4 Å². The molecule has 5 rings (SSSR count). The van der Waals surface area contributed by atoms with Crippen LogP contribution < -0.4 is 4.90 Å². The van der Waals surface area contributed by atoms with Gasteiger partial charge >= 0.3 is 5.97 Å². The molecule has 12 heteroatoms. The van der Waals surface area contributed by atoms with E-state index in [1.165, 1.54) is 23.8 Å². The monoisotopic (exact) mass is 747 g/mol. The van der Waals surface area contributed by atoms with Crippen molar-refractivity contribution in [2.24, 2.45) is 0 Å². The van der Waals surface area contributed by atoms with Crippen molar-refractivity contribution in [3.8, 4) is 0 Å². The first-order valence-electron chi connectivity index (χ1n) is 17.4. The zero-order valence-corrected chi connectivity index (χ0v) is 31.6. The number of anilines is 1. The van der Waals surface area contributed by atoms with E-state index in [0.717, 1.165) is 46.8 Å². The summed E-state index contributed by atoms with van der Waals surface area (Å²) in [5.74, 6) is -0.836. The number of nitrogens with zero attached hydrogens (tertiary/aromatic N) is 2. The summed E-state index contributed by atoms with van der Waals surface area (Å²) in [6.07, 6.45) is 23.8. The minimum Gasteiger partial charge on any atom is -0.481 e. The highest BCUT2D eigenvalue weighted by Gasteiger charge is 2.45. The van der Waals surface area contributed by atoms with Crippen LogP contribution in [0.2, 0.25) is 0 Å². The molecule has 2 heterocycles. The second-order valence-electron chi connectivity index (χ2n) is 14.3. The van der Waals surface area contributed by atoms with E-state index in [0.29, 0.717) is 32.4 Å². The highest BCUT2D eigenvalue weighted by Crippen LogP contribution is 2.49. The predicted molar refractivity (Wildman–Crippen MR) is 204 cm³/mol. The van der Waals surface area contributed by atoms with Gasteiger partial charge in [-0.15, -0.1) is 0 Å². The average Bonchev–Trinajstić information content (AvgIpc) is 3.38. The van der Waals surface area contributed by atoms with Crippen LogP contribution in [0.4, 0.5) is 11.4 Å². The Kier molecular flexibility index (Phi) is 11.4. The summed E-state index contributed by atoms with van der Waals surface area (Å²) < 4.78 is 70.3. The number of unbranched alkanes of at least 4 members (excludes halogenated alkanes) is 2. The van der Waals surface area contributed by atoms with Gasteiger partial charge in [-0.05, 0) is 80.7 Å². The molecule has 2 aliphatic heterocycles. The molecule has 0 radical (unpaired) electrons. The Morgan fingerprint density at radius 1 is 0.808 bits per heavy atom. The van der Waals surface area contributed by atoms with Gasteiger partial charge < -0.3 is 10.0 Å². The second kappa shape index (κ2) is 15.3. The summed E-state index contributed by atoms with van der Waals surface area (Å²) in [6, 6.07) is 9.33. The molecule has 0 unspecified atom stereocenters. The van der Waals surface area contributed by atoms with E-state index in [4.69, 9.17) is 5.11 Å². The number of benzene rings is 2. The second-order valence-corrected chi connectivity index (χ2v) is 17.2. The van der Waals surface area contributed by atoms with Crippen molar-refractivity contribution in [3.05, 3.63) is 120 Å². The van der Waals surface area contributed by atoms with Gasteiger partial charge in [0.1, 0.15) is 6.54 Å². The van der Waals surface area contributed by atoms with Crippen molar-refractivity contribution < 1.29 is 40.4 Å². The molecule has 3 aliphatic rings. The summed E-state index contributed by atoms with van der Waals surface area (Å²) in [7, 11) is -8.85. The Hall–Kier alpha value is -4.36. The standard InChI is InChI=1S/C40H46N2O8S2/c1-39(2)32-27-30(51(45,46)47)21-23-34(32)41(25-12-8-11-20-38(43)44)36(39)18-13-19-37-40(3,4)33-28-31(52(48,49)50)22-24-35(33)42(37)26-14-17-29-15-9-6-5-7-10-16-29/h5-7,9-10,13,15-16,18-19,21-24,27-28H,8,11-12,14,17,20,25-26H2,1-4H3,(H2-,43,44,45,46,47,48,49,50)/p+1. The third-order valence-electron chi connectivity index (χ3n) is 10.0. The molecule has 0 atom stereocenters. The van der Waals surface area contributed by atoms with Gasteiger partial charge in [0.25, 0.3) is 20.2 Å². The maximum absolute atomic E-state index is 12.1. The molecule has 10 nitrogen and oxygen atoms in total. The lowest BCUT2D eigenvalue weighted by atomic mass is 9.81. The fraction of sp³-hybridized carbons (Fsp3) is 0.350. The first kappa shape index (κ1) is 38.9. The molecular formula is C40H47N2O8S2+. The number of hydrogen-bond acceptors (Lipinski definition) is 6. The van der Waals surface area contributed by atoms with E-state index in [9.17, 15) is 30.7 Å². The molecule has 0 saturated heterocycles. The molecule has 3 N–H and O–H groups in total. The van der Waals surface area contributed by atoms with E-state index in [1.54, 1.807) is 18.2 Å². The maximum Gasteiger partial charge on any atom is 0.303 e. The Labute approximate surface area is 307 Å². The fourth-order valence-corrected chi connectivity index (χ4v) is 8.29. The highest BCUT2D eigenvalue weighted by atomic mass is 32.2. The lowest BCUT2D eigenvalue weighted by molar-refractivity contribution is -0.438. The molecule has 0 fully saturated rings. The zero-order chi connectivity index (χ0) is 37.9. The highest BCUT2D eigenvalue weighted by molar-refractivity contribution is 7.86. The normalized spacial score (nSPS) is 18.5. The molecule has 0 bridgehead atoms. The molecule has 1 aliphatic carbocycles. The Bertz CT molecular complexity index is 2180. The molecule has 0 aromatic heterocycles. The number of rotatable bonds is 14. The van der Waals surface area contributed by atoms with Crippen molar-refractivity contribution in [2.75, 3.05) is 18.0 Å². The van der Waals surface area contributed by atoms with E-state index < -0.39 is 37.0 Å². The van der Waals surface area contributed by atoms with Crippen LogP contribution in [0, 0.1) is 0 Å². The number of hydrogen-bond donors (Lipinski definition) is 3. The van der Waals surface area contributed by atoms with Gasteiger partial charge in [-0.3, -0.25) is 13.9 Å². The lowest BCUT2D eigenvalue weighted by Gasteiger charge is -2.27. The molecule has 276 valence electrons. The molecule has 52 heavy (non-hydrogen) atoms. The lowest BCUT2D eigenvalue weighted by Crippen LogP contribution is -2.28. The zero-order valence-electron chi connectivity index (χ0n) is 30.0. The Morgan fingerprint density at radius 2 is 1.46 bits per heavy atom. The van der Waals surface area contributed by atoms with E-state index in [2.05, 4.69) is 21.6 Å². The first-order chi connectivity index (χ1) is 24.4. The third-order valence-corrected chi connectivity index (χ3v) is 11.7. The minimum absolute atomic E-state index is 0.0902. The number of carboxylic acid groups (broad SMARTS) is 1. The topological polar surface area (TPSA) is 152 Å². The molecule has 2 aromatic carbocycles. The van der Waals surface area contributed by atoms with Gasteiger partial charge in [0.2, 0.25) is 5.69 Å². The van der Waals surface area contributed by atoms with E-state index in [1.807, 2.05) is 76.3 Å². The van der Waals surface area contributed by atoms with Crippen LogP contribution >= 0.6 is 0 Å². The van der Waals surface area contributed by atoms with Gasteiger partial charge in [0.15, 0.2) is 5.71 Å². The fourth-order valence-electron chi connectivity index (χ4n) is 7.28. The van der Waals surface area contributed by atoms with Crippen LogP contribution in [0.25, 0.3) is 0 Å². The molecule has 0 spiro atoms. The van der Waals surface area contributed by atoms with Crippen LogP contribution in [0.3, 0.4) is 0 Å². The predicted octanol–water partition coefficient (Wildman–Crippen LogP) is 7.83. The minimum atomic E-state index is -4.43. The Balaban J connectivity index is 1.53. The van der Waals surface area contributed by atoms with Gasteiger partial charge in [-0.2, -0.15) is 21.4 Å². The van der Waals surface area contributed by atoms with Gasteiger partial charge in [-0.1, -0.05) is 68.9 Å². The SMILES string of the molecule is CC1(C)C(=CC=CC2=[N+](CCCC3=CC=CC=CC=C3)c3ccc(S(=O)(=O)O)cc3C2(C)C)N(CCCCCC(=O)O)c2ccc(S(=O)(=O)O)cc21. The molecular weight excluding hydrogens is 701 g/mol.